The van der Waals surface area contributed by atoms with Crippen LogP contribution in [0.3, 0.4) is 0 Å². The van der Waals surface area contributed by atoms with E-state index in [9.17, 15) is 24.0 Å². The summed E-state index contributed by atoms with van der Waals surface area (Å²) in [5.74, 6) is -2.49. The maximum absolute atomic E-state index is 14.1. The largest absolute Gasteiger partial charge is 0.412 e. The summed E-state index contributed by atoms with van der Waals surface area (Å²) in [5, 5.41) is 8.24. The Hall–Kier alpha value is -3.55. The van der Waals surface area contributed by atoms with Crippen molar-refractivity contribution in [1.82, 2.24) is 20.9 Å². The van der Waals surface area contributed by atoms with Gasteiger partial charge in [0.1, 0.15) is 22.9 Å². The summed E-state index contributed by atoms with van der Waals surface area (Å²) >= 11 is 0. The van der Waals surface area contributed by atoms with Crippen LogP contribution in [0.4, 0.5) is 4.79 Å². The van der Waals surface area contributed by atoms with Crippen molar-refractivity contribution in [3.8, 4) is 5.75 Å². The Kier molecular flexibility index (Phi) is 9.56. The molecule has 0 radical (unpaired) electrons. The van der Waals surface area contributed by atoms with Crippen LogP contribution in [0.1, 0.15) is 57.1 Å². The van der Waals surface area contributed by atoms with Gasteiger partial charge in [-0.05, 0) is 37.8 Å². The first-order valence-electron chi connectivity index (χ1n) is 15.5. The molecule has 3 fully saturated rings. The van der Waals surface area contributed by atoms with Gasteiger partial charge in [0, 0.05) is 31.6 Å². The molecular weight excluding hydrogens is 570 g/mol. The van der Waals surface area contributed by atoms with Crippen LogP contribution >= 0.6 is 0 Å². The van der Waals surface area contributed by atoms with Gasteiger partial charge in [-0.15, -0.1) is 0 Å². The molecule has 13 heteroatoms. The zero-order valence-electron chi connectivity index (χ0n) is 25.4. The molecule has 0 bridgehead atoms. The first-order chi connectivity index (χ1) is 21.0. The first kappa shape index (κ1) is 31.9. The lowest BCUT2D eigenvalue weighted by Crippen LogP contribution is -2.68. The molecule has 5 N–H and O–H groups in total. The smallest absolute Gasteiger partial charge is 0.410 e. The molecule has 13 nitrogen and oxygen atoms in total. The average Bonchev–Trinajstić information content (AvgIpc) is 3.53. The number of epoxide rings is 1. The standard InChI is InChI=1S/C31H43N5O8/c1-19(34-25(37)17-36-9-11-42-12-10-36)27(39)35-31(28(32)40,15-21-7-8-24-22(13-21)16-33-29(41)44-24)23(14-20-5-3-4-6-20)26(38)30(2)18-43-30/h7-8,13,19-20,23H,3-6,9-12,14-18H2,1-2H3,(H2,32,40)(H,33,41)(H,34,37)(H,35,39)/t19-,23+,30+,31?/m0/s1. The minimum atomic E-state index is -1.82. The number of nitrogens with one attached hydrogen (secondary N) is 3. The van der Waals surface area contributed by atoms with E-state index in [1.54, 1.807) is 25.1 Å². The van der Waals surface area contributed by atoms with Gasteiger partial charge < -0.3 is 35.9 Å². The van der Waals surface area contributed by atoms with Crippen molar-refractivity contribution in [3.05, 3.63) is 29.3 Å². The van der Waals surface area contributed by atoms with Gasteiger partial charge in [0.05, 0.1) is 32.3 Å². The maximum Gasteiger partial charge on any atom is 0.412 e. The van der Waals surface area contributed by atoms with E-state index in [0.29, 0.717) is 49.6 Å². The average molecular weight is 614 g/mol. The Morgan fingerprint density at radius 2 is 1.89 bits per heavy atom. The lowest BCUT2D eigenvalue weighted by molar-refractivity contribution is -0.142. The third kappa shape index (κ3) is 7.22. The summed E-state index contributed by atoms with van der Waals surface area (Å²) in [6, 6.07) is 4.09. The Morgan fingerprint density at radius 1 is 1.18 bits per heavy atom. The molecule has 3 aliphatic heterocycles. The lowest BCUT2D eigenvalue weighted by Gasteiger charge is -2.41. The molecule has 4 amide bonds. The number of carbonyl (C=O) groups is 5. The quantitative estimate of drug-likeness (QED) is 0.231. The summed E-state index contributed by atoms with van der Waals surface area (Å²) in [7, 11) is 0. The number of hydrogen-bond donors (Lipinski definition) is 4. The highest BCUT2D eigenvalue weighted by Gasteiger charge is 2.58. The molecule has 5 rings (SSSR count). The Bertz CT molecular complexity index is 1290. The number of rotatable bonds is 13. The molecule has 0 aromatic heterocycles. The van der Waals surface area contributed by atoms with Crippen molar-refractivity contribution in [2.45, 2.75) is 76.1 Å². The highest BCUT2D eigenvalue weighted by molar-refractivity contribution is 6.01. The van der Waals surface area contributed by atoms with Crippen LogP contribution in [0, 0.1) is 11.8 Å². The van der Waals surface area contributed by atoms with Crippen LogP contribution in [0.15, 0.2) is 18.2 Å². The molecule has 1 aromatic carbocycles. The summed E-state index contributed by atoms with van der Waals surface area (Å²) in [6.07, 6.45) is 3.60. The molecule has 240 valence electrons. The maximum atomic E-state index is 14.1. The summed E-state index contributed by atoms with van der Waals surface area (Å²) in [4.78, 5) is 68.1. The Morgan fingerprint density at radius 3 is 2.55 bits per heavy atom. The predicted molar refractivity (Wildman–Crippen MR) is 157 cm³/mol. The molecule has 0 spiro atoms. The van der Waals surface area contributed by atoms with Crippen LogP contribution in [-0.2, 0) is 41.6 Å². The van der Waals surface area contributed by atoms with Crippen molar-refractivity contribution in [3.63, 3.8) is 0 Å². The zero-order valence-corrected chi connectivity index (χ0v) is 25.4. The highest BCUT2D eigenvalue weighted by Crippen LogP contribution is 2.42. The number of amides is 4. The molecule has 3 heterocycles. The SMILES string of the molecule is C[C@H](NC(=O)CN1CCOCC1)C(=O)NC(Cc1ccc2c(c1)CNC(=O)O2)(C(N)=O)[C@H](CC1CCCC1)C(=O)[C@@]1(C)CO1. The van der Waals surface area contributed by atoms with E-state index in [0.717, 1.165) is 25.7 Å². The number of Topliss-reactive ketones (excluding diaryl/α,β-unsaturated/α-hetero) is 1. The van der Waals surface area contributed by atoms with E-state index >= 15 is 0 Å². The van der Waals surface area contributed by atoms with Gasteiger partial charge in [0.15, 0.2) is 5.78 Å². The number of ketones is 1. The van der Waals surface area contributed by atoms with Crippen molar-refractivity contribution < 1.29 is 38.2 Å². The molecule has 4 aliphatic rings. The van der Waals surface area contributed by atoms with Crippen molar-refractivity contribution in [2.75, 3.05) is 39.5 Å². The zero-order chi connectivity index (χ0) is 31.5. The van der Waals surface area contributed by atoms with Gasteiger partial charge in [0.25, 0.3) is 0 Å². The van der Waals surface area contributed by atoms with Crippen molar-refractivity contribution >= 4 is 29.6 Å². The predicted octanol–water partition coefficient (Wildman–Crippen LogP) is 0.563. The Balaban J connectivity index is 1.45. The van der Waals surface area contributed by atoms with Gasteiger partial charge in [-0.3, -0.25) is 24.1 Å². The third-order valence-electron chi connectivity index (χ3n) is 9.32. The Labute approximate surface area is 256 Å². The normalized spacial score (nSPS) is 24.5. The van der Waals surface area contributed by atoms with Crippen LogP contribution in [-0.4, -0.2) is 91.1 Å². The fourth-order valence-electron chi connectivity index (χ4n) is 6.55. The fraction of sp³-hybridized carbons (Fsp3) is 0.645. The molecule has 1 aromatic rings. The van der Waals surface area contributed by atoms with E-state index in [1.165, 1.54) is 6.92 Å². The van der Waals surface area contributed by atoms with Crippen LogP contribution < -0.4 is 26.4 Å². The number of carbonyl (C=O) groups excluding carboxylic acids is 5. The number of nitrogens with zero attached hydrogens (tertiary/aromatic N) is 1. The first-order valence-corrected chi connectivity index (χ1v) is 15.5. The van der Waals surface area contributed by atoms with Gasteiger partial charge in [-0.25, -0.2) is 4.79 Å². The van der Waals surface area contributed by atoms with E-state index in [4.69, 9.17) is 19.9 Å². The van der Waals surface area contributed by atoms with E-state index in [2.05, 4.69) is 16.0 Å². The minimum Gasteiger partial charge on any atom is -0.410 e. The second-order valence-electron chi connectivity index (χ2n) is 12.7. The summed E-state index contributed by atoms with van der Waals surface area (Å²) in [5.41, 5.74) is 4.61. The molecule has 4 atom stereocenters. The van der Waals surface area contributed by atoms with Crippen LogP contribution in [0.2, 0.25) is 0 Å². The number of nitrogens with two attached hydrogens (primary N) is 1. The van der Waals surface area contributed by atoms with Gasteiger partial charge in [-0.1, -0.05) is 37.8 Å². The summed E-state index contributed by atoms with van der Waals surface area (Å²) < 4.78 is 16.1. The number of primary amides is 1. The molecule has 1 aliphatic carbocycles. The molecular formula is C31H43N5O8. The minimum absolute atomic E-state index is 0.0804. The molecule has 2 saturated heterocycles. The van der Waals surface area contributed by atoms with Crippen LogP contribution in [0.5, 0.6) is 5.75 Å². The summed E-state index contributed by atoms with van der Waals surface area (Å²) in [6.45, 7) is 6.07. The number of hydrogen-bond acceptors (Lipinski definition) is 9. The number of ether oxygens (including phenoxy) is 3. The van der Waals surface area contributed by atoms with E-state index in [-0.39, 0.29) is 43.7 Å². The number of benzene rings is 1. The highest BCUT2D eigenvalue weighted by atomic mass is 16.6. The fourth-order valence-corrected chi connectivity index (χ4v) is 6.55. The van der Waals surface area contributed by atoms with E-state index < -0.39 is 41.0 Å². The number of fused-ring (bicyclic) bond motifs is 1. The molecule has 44 heavy (non-hydrogen) atoms. The topological polar surface area (TPSA) is 182 Å². The van der Waals surface area contributed by atoms with Gasteiger partial charge >= 0.3 is 6.09 Å². The lowest BCUT2D eigenvalue weighted by atomic mass is 9.69. The monoisotopic (exact) mass is 613 g/mol. The third-order valence-corrected chi connectivity index (χ3v) is 9.32. The van der Waals surface area contributed by atoms with Gasteiger partial charge in [-0.2, -0.15) is 0 Å². The number of morpholine rings is 1. The molecule has 1 saturated carbocycles. The van der Waals surface area contributed by atoms with Crippen molar-refractivity contribution in [2.24, 2.45) is 17.6 Å². The van der Waals surface area contributed by atoms with E-state index in [1.807, 2.05) is 4.90 Å². The second-order valence-corrected chi connectivity index (χ2v) is 12.7. The van der Waals surface area contributed by atoms with Gasteiger partial charge in [0.2, 0.25) is 17.7 Å². The second kappa shape index (κ2) is 13.2. The van der Waals surface area contributed by atoms with Crippen LogP contribution in [0.25, 0.3) is 0 Å². The molecule has 1 unspecified atom stereocenters. The van der Waals surface area contributed by atoms with Crippen molar-refractivity contribution in [1.29, 1.82) is 0 Å².